The van der Waals surface area contributed by atoms with Crippen molar-refractivity contribution >= 4 is 23.4 Å². The molecule has 0 radical (unpaired) electrons. The molecular weight excluding hydrogens is 282 g/mol. The summed E-state index contributed by atoms with van der Waals surface area (Å²) in [7, 11) is 0. The van der Waals surface area contributed by atoms with Crippen molar-refractivity contribution in [2.75, 3.05) is 26.3 Å². The second kappa shape index (κ2) is 6.83. The van der Waals surface area contributed by atoms with Gasteiger partial charge in [0.25, 0.3) is 0 Å². The van der Waals surface area contributed by atoms with Crippen molar-refractivity contribution in [3.63, 3.8) is 0 Å². The summed E-state index contributed by atoms with van der Waals surface area (Å²) in [4.78, 5) is 25.3. The van der Waals surface area contributed by atoms with E-state index in [9.17, 15) is 14.7 Å². The van der Waals surface area contributed by atoms with Crippen LogP contribution in [0.1, 0.15) is 16.8 Å². The zero-order chi connectivity index (χ0) is 14.5. The van der Waals surface area contributed by atoms with Crippen molar-refractivity contribution in [1.29, 1.82) is 0 Å². The van der Waals surface area contributed by atoms with Crippen LogP contribution in [0.5, 0.6) is 0 Å². The van der Waals surface area contributed by atoms with Crippen molar-refractivity contribution in [2.45, 2.75) is 12.5 Å². The topological polar surface area (TPSA) is 66.8 Å². The molecule has 0 amide bonds. The highest BCUT2D eigenvalue weighted by molar-refractivity contribution is 6.30. The molecule has 1 atom stereocenters. The minimum absolute atomic E-state index is 0.0447. The lowest BCUT2D eigenvalue weighted by atomic mass is 10.0. The SMILES string of the molecule is O=C(CC(C(=O)O)N1CCOCC1)c1ccc(Cl)cc1. The number of benzene rings is 1. The van der Waals surface area contributed by atoms with Crippen LogP contribution in [-0.2, 0) is 9.53 Å². The molecule has 1 aliphatic heterocycles. The first-order valence-corrected chi connectivity index (χ1v) is 6.79. The Morgan fingerprint density at radius 1 is 1.25 bits per heavy atom. The van der Waals surface area contributed by atoms with E-state index in [1.54, 1.807) is 29.2 Å². The van der Waals surface area contributed by atoms with E-state index >= 15 is 0 Å². The number of hydrogen-bond acceptors (Lipinski definition) is 4. The molecule has 1 aromatic rings. The molecule has 1 aliphatic rings. The number of hydrogen-bond donors (Lipinski definition) is 1. The van der Waals surface area contributed by atoms with Crippen LogP contribution in [0.25, 0.3) is 0 Å². The summed E-state index contributed by atoms with van der Waals surface area (Å²) in [5.74, 6) is -1.17. The van der Waals surface area contributed by atoms with Gasteiger partial charge in [-0.3, -0.25) is 14.5 Å². The molecule has 0 aromatic heterocycles. The van der Waals surface area contributed by atoms with Gasteiger partial charge in [-0.05, 0) is 24.3 Å². The number of carbonyl (C=O) groups is 2. The highest BCUT2D eigenvalue weighted by Crippen LogP contribution is 2.15. The van der Waals surface area contributed by atoms with Gasteiger partial charge in [-0.1, -0.05) is 11.6 Å². The summed E-state index contributed by atoms with van der Waals surface area (Å²) in [6, 6.07) is 5.67. The summed E-state index contributed by atoms with van der Waals surface area (Å²) in [6.45, 7) is 2.06. The third-order valence-corrected chi connectivity index (χ3v) is 3.57. The number of halogens is 1. The molecule has 1 aromatic carbocycles. The van der Waals surface area contributed by atoms with Crippen LogP contribution in [0.2, 0.25) is 5.02 Å². The van der Waals surface area contributed by atoms with E-state index in [2.05, 4.69) is 0 Å². The van der Waals surface area contributed by atoms with Gasteiger partial charge >= 0.3 is 5.97 Å². The third-order valence-electron chi connectivity index (χ3n) is 3.32. The molecule has 0 aliphatic carbocycles. The van der Waals surface area contributed by atoms with Gasteiger partial charge in [0.05, 0.1) is 13.2 Å². The molecule has 0 spiro atoms. The summed E-state index contributed by atoms with van der Waals surface area (Å²) >= 11 is 5.77. The van der Waals surface area contributed by atoms with Gasteiger partial charge in [0.15, 0.2) is 5.78 Å². The van der Waals surface area contributed by atoms with E-state index in [-0.39, 0.29) is 12.2 Å². The van der Waals surface area contributed by atoms with Crippen LogP contribution in [0.15, 0.2) is 24.3 Å². The van der Waals surface area contributed by atoms with Crippen molar-refractivity contribution in [2.24, 2.45) is 0 Å². The van der Waals surface area contributed by atoms with Crippen LogP contribution >= 0.6 is 11.6 Å². The molecule has 20 heavy (non-hydrogen) atoms. The van der Waals surface area contributed by atoms with Crippen LogP contribution in [0, 0.1) is 0 Å². The van der Waals surface area contributed by atoms with Crippen LogP contribution in [0.3, 0.4) is 0 Å². The van der Waals surface area contributed by atoms with E-state index in [1.807, 2.05) is 0 Å². The van der Waals surface area contributed by atoms with E-state index in [0.717, 1.165) is 0 Å². The van der Waals surface area contributed by atoms with Gasteiger partial charge in [-0.15, -0.1) is 0 Å². The van der Waals surface area contributed by atoms with Gasteiger partial charge in [-0.2, -0.15) is 0 Å². The Balaban J connectivity index is 2.05. The number of carboxylic acid groups (broad SMARTS) is 1. The summed E-state index contributed by atoms with van der Waals surface area (Å²) in [5.41, 5.74) is 0.480. The first-order chi connectivity index (χ1) is 9.58. The summed E-state index contributed by atoms with van der Waals surface area (Å²) in [6.07, 6.45) is -0.0447. The number of morpholine rings is 1. The average molecular weight is 298 g/mol. The molecule has 1 saturated heterocycles. The highest BCUT2D eigenvalue weighted by Gasteiger charge is 2.29. The number of nitrogens with zero attached hydrogens (tertiary/aromatic N) is 1. The predicted octanol–water partition coefficient (Wildman–Crippen LogP) is 1.70. The van der Waals surface area contributed by atoms with Crippen molar-refractivity contribution in [3.8, 4) is 0 Å². The van der Waals surface area contributed by atoms with Crippen LogP contribution in [0.4, 0.5) is 0 Å². The molecule has 108 valence electrons. The van der Waals surface area contributed by atoms with Gasteiger partial charge < -0.3 is 9.84 Å². The molecule has 0 bridgehead atoms. The maximum Gasteiger partial charge on any atom is 0.321 e. The molecule has 2 rings (SSSR count). The van der Waals surface area contributed by atoms with Crippen molar-refractivity contribution < 1.29 is 19.4 Å². The number of rotatable bonds is 5. The molecule has 0 saturated carbocycles. The van der Waals surface area contributed by atoms with Crippen LogP contribution < -0.4 is 0 Å². The number of Topliss-reactive ketones (excluding diaryl/α,β-unsaturated/α-hetero) is 1. The van der Waals surface area contributed by atoms with Crippen molar-refractivity contribution in [3.05, 3.63) is 34.9 Å². The van der Waals surface area contributed by atoms with Gasteiger partial charge in [-0.25, -0.2) is 0 Å². The lowest BCUT2D eigenvalue weighted by Gasteiger charge is -2.31. The van der Waals surface area contributed by atoms with Crippen molar-refractivity contribution in [1.82, 2.24) is 4.90 Å². The second-order valence-electron chi connectivity index (χ2n) is 4.64. The third kappa shape index (κ3) is 3.79. The Bertz CT molecular complexity index is 482. The van der Waals surface area contributed by atoms with E-state index in [1.165, 1.54) is 0 Å². The minimum atomic E-state index is -0.978. The zero-order valence-corrected chi connectivity index (χ0v) is 11.7. The Hall–Kier alpha value is -1.43. The molecule has 1 fully saturated rings. The van der Waals surface area contributed by atoms with E-state index in [0.29, 0.717) is 36.9 Å². The standard InChI is InChI=1S/C14H16ClNO4/c15-11-3-1-10(2-4-11)13(17)9-12(14(18)19)16-5-7-20-8-6-16/h1-4,12H,5-9H2,(H,18,19). The molecule has 5 nitrogen and oxygen atoms in total. The molecular formula is C14H16ClNO4. The van der Waals surface area contributed by atoms with E-state index in [4.69, 9.17) is 16.3 Å². The van der Waals surface area contributed by atoms with E-state index < -0.39 is 12.0 Å². The summed E-state index contributed by atoms with van der Waals surface area (Å²) in [5, 5.41) is 9.86. The fraction of sp³-hybridized carbons (Fsp3) is 0.429. The number of carbonyl (C=O) groups excluding carboxylic acids is 1. The molecule has 1 unspecified atom stereocenters. The molecule has 1 heterocycles. The normalized spacial score (nSPS) is 17.6. The predicted molar refractivity (Wildman–Crippen MR) is 74.2 cm³/mol. The first-order valence-electron chi connectivity index (χ1n) is 6.41. The molecule has 1 N–H and O–H groups in total. The second-order valence-corrected chi connectivity index (χ2v) is 5.07. The molecule has 6 heteroatoms. The Morgan fingerprint density at radius 3 is 2.40 bits per heavy atom. The highest BCUT2D eigenvalue weighted by atomic mass is 35.5. The Labute approximate surface area is 122 Å². The van der Waals surface area contributed by atoms with Gasteiger partial charge in [0.1, 0.15) is 6.04 Å². The number of ketones is 1. The monoisotopic (exact) mass is 297 g/mol. The number of carboxylic acids is 1. The lowest BCUT2D eigenvalue weighted by molar-refractivity contribution is -0.144. The minimum Gasteiger partial charge on any atom is -0.480 e. The average Bonchev–Trinajstić information content (AvgIpc) is 2.46. The first kappa shape index (κ1) is 15.0. The summed E-state index contributed by atoms with van der Waals surface area (Å²) < 4.78 is 5.20. The quantitative estimate of drug-likeness (QED) is 0.838. The Kier molecular flexibility index (Phi) is 5.11. The maximum absolute atomic E-state index is 12.1. The zero-order valence-electron chi connectivity index (χ0n) is 10.9. The van der Waals surface area contributed by atoms with Gasteiger partial charge in [0, 0.05) is 30.1 Å². The fourth-order valence-corrected chi connectivity index (χ4v) is 2.32. The Morgan fingerprint density at radius 2 is 1.85 bits per heavy atom. The van der Waals surface area contributed by atoms with Gasteiger partial charge in [0.2, 0.25) is 0 Å². The van der Waals surface area contributed by atoms with Crippen LogP contribution in [-0.4, -0.2) is 54.1 Å². The lowest BCUT2D eigenvalue weighted by Crippen LogP contribution is -2.48. The maximum atomic E-state index is 12.1. The number of aliphatic carboxylic acids is 1. The number of ether oxygens (including phenoxy) is 1. The fourth-order valence-electron chi connectivity index (χ4n) is 2.19. The largest absolute Gasteiger partial charge is 0.480 e. The smallest absolute Gasteiger partial charge is 0.321 e.